The Bertz CT molecular complexity index is 665. The van der Waals surface area contributed by atoms with Gasteiger partial charge in [-0.05, 0) is 19.9 Å². The third kappa shape index (κ3) is 2.75. The number of nitrogens with two attached hydrogens (primary N) is 1. The summed E-state index contributed by atoms with van der Waals surface area (Å²) in [6.45, 7) is 4.26. The molecule has 2 aromatic heterocycles. The number of hydrogen-bond donors (Lipinski definition) is 2. The lowest BCUT2D eigenvalue weighted by atomic mass is 10.2. The van der Waals surface area contributed by atoms with Crippen molar-refractivity contribution in [2.45, 2.75) is 20.4 Å². The molecule has 0 bridgehead atoms. The van der Waals surface area contributed by atoms with Crippen molar-refractivity contribution in [3.63, 3.8) is 0 Å². The summed E-state index contributed by atoms with van der Waals surface area (Å²) in [6.07, 6.45) is 1.37. The van der Waals surface area contributed by atoms with Crippen LogP contribution in [0, 0.1) is 13.8 Å². The molecular weight excluding hydrogens is 278 g/mol. The maximum Gasteiger partial charge on any atom is 0.253 e. The molecule has 2 heterocycles. The smallest absolute Gasteiger partial charge is 0.253 e. The van der Waals surface area contributed by atoms with Gasteiger partial charge >= 0.3 is 0 Å². The fourth-order valence-electron chi connectivity index (χ4n) is 1.97. The Morgan fingerprint density at radius 2 is 2.20 bits per heavy atom. The topological polar surface area (TPSA) is 85.8 Å². The van der Waals surface area contributed by atoms with Gasteiger partial charge in [-0.3, -0.25) is 9.48 Å². The van der Waals surface area contributed by atoms with Gasteiger partial charge in [0.05, 0.1) is 16.3 Å². The van der Waals surface area contributed by atoms with Crippen LogP contribution in [0.25, 0.3) is 0 Å². The van der Waals surface area contributed by atoms with Gasteiger partial charge in [-0.1, -0.05) is 11.6 Å². The predicted octanol–water partition coefficient (Wildman–Crippen LogP) is 1.60. The molecule has 0 saturated carbocycles. The van der Waals surface area contributed by atoms with E-state index in [9.17, 15) is 4.79 Å². The molecule has 0 atom stereocenters. The van der Waals surface area contributed by atoms with Crippen molar-refractivity contribution in [3.8, 4) is 0 Å². The van der Waals surface area contributed by atoms with Gasteiger partial charge in [0, 0.05) is 31.0 Å². The lowest BCUT2D eigenvalue weighted by Gasteiger charge is -2.07. The minimum atomic E-state index is -0.285. The van der Waals surface area contributed by atoms with Crippen molar-refractivity contribution in [2.75, 3.05) is 5.73 Å². The Labute approximate surface area is 121 Å². The molecule has 2 rings (SSSR count). The van der Waals surface area contributed by atoms with Crippen LogP contribution in [-0.4, -0.2) is 20.7 Å². The van der Waals surface area contributed by atoms with Crippen LogP contribution in [0.5, 0.6) is 0 Å². The molecular formula is C13H16ClN5O. The average Bonchev–Trinajstić information content (AvgIpc) is 2.64. The Kier molecular flexibility index (Phi) is 3.94. The number of amides is 1. The number of nitrogens with zero attached hydrogens (tertiary/aromatic N) is 3. The summed E-state index contributed by atoms with van der Waals surface area (Å²) in [6, 6.07) is 1.46. The van der Waals surface area contributed by atoms with E-state index < -0.39 is 0 Å². The van der Waals surface area contributed by atoms with Crippen molar-refractivity contribution in [2.24, 2.45) is 7.05 Å². The standard InChI is InChI=1S/C13H16ClN5O/c1-7-10(8(2)19(3)18-7)5-17-13(20)9-4-12(15)16-6-11(9)14/h4,6H,5H2,1-3H3,(H2,15,16)(H,17,20). The molecule has 0 aromatic carbocycles. The first-order chi connectivity index (χ1) is 9.40. The summed E-state index contributed by atoms with van der Waals surface area (Å²) >= 11 is 5.94. The monoisotopic (exact) mass is 293 g/mol. The minimum absolute atomic E-state index is 0.258. The molecule has 20 heavy (non-hydrogen) atoms. The van der Waals surface area contributed by atoms with E-state index in [1.807, 2.05) is 20.9 Å². The quantitative estimate of drug-likeness (QED) is 0.900. The molecule has 0 unspecified atom stereocenters. The molecule has 0 spiro atoms. The molecule has 3 N–H and O–H groups in total. The first-order valence-electron chi connectivity index (χ1n) is 6.08. The summed E-state index contributed by atoms with van der Waals surface area (Å²) in [4.78, 5) is 15.9. The fourth-order valence-corrected chi connectivity index (χ4v) is 2.16. The van der Waals surface area contributed by atoms with Crippen LogP contribution >= 0.6 is 11.6 Å². The highest BCUT2D eigenvalue weighted by Gasteiger charge is 2.14. The number of aryl methyl sites for hydroxylation is 2. The van der Waals surface area contributed by atoms with E-state index in [2.05, 4.69) is 15.4 Å². The molecule has 0 aliphatic rings. The molecule has 0 fully saturated rings. The maximum absolute atomic E-state index is 12.1. The van der Waals surface area contributed by atoms with Crippen LogP contribution in [0.3, 0.4) is 0 Å². The molecule has 106 valence electrons. The lowest BCUT2D eigenvalue weighted by molar-refractivity contribution is 0.0951. The van der Waals surface area contributed by atoms with Gasteiger partial charge in [0.15, 0.2) is 0 Å². The highest BCUT2D eigenvalue weighted by atomic mass is 35.5. The summed E-state index contributed by atoms with van der Waals surface area (Å²) in [5, 5.41) is 7.39. The average molecular weight is 294 g/mol. The van der Waals surface area contributed by atoms with Gasteiger partial charge in [0.25, 0.3) is 5.91 Å². The molecule has 7 heteroatoms. The van der Waals surface area contributed by atoms with Crippen molar-refractivity contribution in [1.82, 2.24) is 20.1 Å². The van der Waals surface area contributed by atoms with Crippen molar-refractivity contribution >= 4 is 23.3 Å². The van der Waals surface area contributed by atoms with Gasteiger partial charge in [-0.15, -0.1) is 0 Å². The number of pyridine rings is 1. The number of rotatable bonds is 3. The normalized spacial score (nSPS) is 10.6. The molecule has 6 nitrogen and oxygen atoms in total. The molecule has 0 radical (unpaired) electrons. The van der Waals surface area contributed by atoms with Crippen molar-refractivity contribution in [3.05, 3.63) is 39.8 Å². The number of carbonyl (C=O) groups excluding carboxylic acids is 1. The molecule has 2 aromatic rings. The first-order valence-corrected chi connectivity index (χ1v) is 6.46. The number of nitrogen functional groups attached to an aromatic ring is 1. The third-order valence-electron chi connectivity index (χ3n) is 3.21. The highest BCUT2D eigenvalue weighted by molar-refractivity contribution is 6.33. The van der Waals surface area contributed by atoms with Crippen LogP contribution in [0.1, 0.15) is 27.3 Å². The van der Waals surface area contributed by atoms with Crippen LogP contribution in [0.4, 0.5) is 5.82 Å². The zero-order chi connectivity index (χ0) is 14.9. The Hall–Kier alpha value is -2.08. The second-order valence-electron chi connectivity index (χ2n) is 4.54. The van der Waals surface area contributed by atoms with Gasteiger partial charge < -0.3 is 11.1 Å². The number of aromatic nitrogens is 3. The maximum atomic E-state index is 12.1. The van der Waals surface area contributed by atoms with Crippen LogP contribution < -0.4 is 11.1 Å². The van der Waals surface area contributed by atoms with Crippen LogP contribution in [0.15, 0.2) is 12.3 Å². The first kappa shape index (κ1) is 14.3. The van der Waals surface area contributed by atoms with Crippen molar-refractivity contribution < 1.29 is 4.79 Å². The number of anilines is 1. The summed E-state index contributed by atoms with van der Waals surface area (Å²) in [5.41, 5.74) is 8.79. The summed E-state index contributed by atoms with van der Waals surface area (Å²) < 4.78 is 1.79. The van der Waals surface area contributed by atoms with E-state index in [1.165, 1.54) is 12.3 Å². The van der Waals surface area contributed by atoms with E-state index in [0.29, 0.717) is 12.1 Å². The van der Waals surface area contributed by atoms with Gasteiger partial charge in [-0.2, -0.15) is 5.10 Å². The Morgan fingerprint density at radius 1 is 1.50 bits per heavy atom. The third-order valence-corrected chi connectivity index (χ3v) is 3.51. The zero-order valence-corrected chi connectivity index (χ0v) is 12.3. The Balaban J connectivity index is 2.15. The molecule has 0 saturated heterocycles. The number of carbonyl (C=O) groups is 1. The molecule has 0 aliphatic heterocycles. The van der Waals surface area contributed by atoms with E-state index in [0.717, 1.165) is 17.0 Å². The second kappa shape index (κ2) is 5.50. The van der Waals surface area contributed by atoms with Crippen molar-refractivity contribution in [1.29, 1.82) is 0 Å². The van der Waals surface area contributed by atoms with Gasteiger partial charge in [-0.25, -0.2) is 4.98 Å². The molecule has 1 amide bonds. The Morgan fingerprint density at radius 3 is 2.80 bits per heavy atom. The summed E-state index contributed by atoms with van der Waals surface area (Å²) in [7, 11) is 1.87. The van der Waals surface area contributed by atoms with Gasteiger partial charge in [0.1, 0.15) is 5.82 Å². The van der Waals surface area contributed by atoms with E-state index in [-0.39, 0.29) is 16.7 Å². The van der Waals surface area contributed by atoms with Crippen LogP contribution in [0.2, 0.25) is 5.02 Å². The minimum Gasteiger partial charge on any atom is -0.384 e. The number of hydrogen-bond acceptors (Lipinski definition) is 4. The van der Waals surface area contributed by atoms with Gasteiger partial charge in [0.2, 0.25) is 0 Å². The van der Waals surface area contributed by atoms with Crippen LogP contribution in [-0.2, 0) is 13.6 Å². The largest absolute Gasteiger partial charge is 0.384 e. The predicted molar refractivity (Wildman–Crippen MR) is 77.5 cm³/mol. The molecule has 0 aliphatic carbocycles. The van der Waals surface area contributed by atoms with E-state index in [1.54, 1.807) is 4.68 Å². The van der Waals surface area contributed by atoms with E-state index >= 15 is 0 Å². The summed E-state index contributed by atoms with van der Waals surface area (Å²) in [5.74, 6) is -0.0277. The zero-order valence-electron chi connectivity index (χ0n) is 11.6. The SMILES string of the molecule is Cc1nn(C)c(C)c1CNC(=O)c1cc(N)ncc1Cl. The lowest BCUT2D eigenvalue weighted by Crippen LogP contribution is -2.24. The fraction of sp³-hybridized carbons (Fsp3) is 0.308. The second-order valence-corrected chi connectivity index (χ2v) is 4.95. The number of halogens is 1. The number of nitrogens with one attached hydrogen (secondary N) is 1. The van der Waals surface area contributed by atoms with E-state index in [4.69, 9.17) is 17.3 Å². The highest BCUT2D eigenvalue weighted by Crippen LogP contribution is 2.17.